The summed E-state index contributed by atoms with van der Waals surface area (Å²) >= 11 is 12.6. The number of amides is 1. The topological polar surface area (TPSA) is 70.7 Å². The number of nitrogens with zero attached hydrogens (tertiary/aromatic N) is 3. The summed E-state index contributed by atoms with van der Waals surface area (Å²) in [6, 6.07) is 9.57. The van der Waals surface area contributed by atoms with E-state index in [1.807, 2.05) is 24.3 Å². The van der Waals surface area contributed by atoms with Crippen molar-refractivity contribution in [1.82, 2.24) is 15.1 Å². The molecule has 1 saturated carbocycles. The highest BCUT2D eigenvalue weighted by molar-refractivity contribution is 6.32. The summed E-state index contributed by atoms with van der Waals surface area (Å²) in [7, 11) is 0. The van der Waals surface area contributed by atoms with Crippen LogP contribution >= 0.6 is 23.2 Å². The van der Waals surface area contributed by atoms with Crippen molar-refractivity contribution < 1.29 is 4.79 Å². The minimum Gasteiger partial charge on any atom is -0.349 e. The number of carbonyl (C=O) groups excluding carboxylic acids is 1. The molecule has 1 fully saturated rings. The van der Waals surface area contributed by atoms with Gasteiger partial charge in [0, 0.05) is 16.6 Å². The molecule has 0 bridgehead atoms. The van der Waals surface area contributed by atoms with E-state index in [0.29, 0.717) is 28.0 Å². The van der Waals surface area contributed by atoms with E-state index in [2.05, 4.69) is 10.4 Å². The van der Waals surface area contributed by atoms with E-state index < -0.39 is 0 Å². The number of benzene rings is 1. The molecule has 2 aromatic rings. The average molecular weight is 375 g/mol. The van der Waals surface area contributed by atoms with Gasteiger partial charge in [0.1, 0.15) is 16.8 Å². The van der Waals surface area contributed by atoms with Gasteiger partial charge in [0.25, 0.3) is 5.91 Å². The Kier molecular flexibility index (Phi) is 5.12. The van der Waals surface area contributed by atoms with Gasteiger partial charge in [-0.05, 0) is 37.5 Å². The molecule has 1 heterocycles. The smallest absolute Gasteiger partial charge is 0.262 e. The summed E-state index contributed by atoms with van der Waals surface area (Å²) < 4.78 is 1.61. The highest BCUT2D eigenvalue weighted by atomic mass is 35.5. The van der Waals surface area contributed by atoms with Crippen LogP contribution in [0.3, 0.4) is 0 Å². The number of rotatable bonds is 5. The molecule has 1 aliphatic carbocycles. The third kappa shape index (κ3) is 4.04. The molecule has 25 heavy (non-hydrogen) atoms. The fourth-order valence-electron chi connectivity index (χ4n) is 2.41. The molecular weight excluding hydrogens is 359 g/mol. The second-order valence-electron chi connectivity index (χ2n) is 5.96. The Morgan fingerprint density at radius 1 is 1.44 bits per heavy atom. The van der Waals surface area contributed by atoms with Gasteiger partial charge in [-0.1, -0.05) is 41.4 Å². The van der Waals surface area contributed by atoms with Crippen molar-refractivity contribution >= 4 is 35.2 Å². The van der Waals surface area contributed by atoms with Crippen molar-refractivity contribution in [2.24, 2.45) is 0 Å². The van der Waals surface area contributed by atoms with Gasteiger partial charge in [-0.15, -0.1) is 0 Å². The standard InChI is InChI=1S/C18H16Cl2N4O/c1-11-15(8-13(9-21)18(25)22-14-6-7-14)17(20)24(23-11)10-12-4-2-3-5-16(12)19/h2-5,8,14H,6-7,10H2,1H3,(H,22,25). The molecular formula is C18H16Cl2N4O. The van der Waals surface area contributed by atoms with E-state index >= 15 is 0 Å². The SMILES string of the molecule is Cc1nn(Cc2ccccc2Cl)c(Cl)c1C=C(C#N)C(=O)NC1CC1. The number of hydrogen-bond acceptors (Lipinski definition) is 3. The summed E-state index contributed by atoms with van der Waals surface area (Å²) in [4.78, 5) is 12.1. The van der Waals surface area contributed by atoms with Gasteiger partial charge in [-0.3, -0.25) is 4.79 Å². The number of aryl methyl sites for hydroxylation is 1. The zero-order chi connectivity index (χ0) is 18.0. The number of nitrogens with one attached hydrogen (secondary N) is 1. The molecule has 0 saturated heterocycles. The molecule has 1 aromatic heterocycles. The Morgan fingerprint density at radius 2 is 2.16 bits per heavy atom. The van der Waals surface area contributed by atoms with Gasteiger partial charge < -0.3 is 5.32 Å². The van der Waals surface area contributed by atoms with Crippen LogP contribution in [0.2, 0.25) is 10.2 Å². The van der Waals surface area contributed by atoms with Crippen molar-refractivity contribution in [2.45, 2.75) is 32.4 Å². The largest absolute Gasteiger partial charge is 0.349 e. The Balaban J connectivity index is 1.88. The molecule has 0 atom stereocenters. The molecule has 1 aromatic carbocycles. The van der Waals surface area contributed by atoms with Crippen LogP contribution < -0.4 is 5.32 Å². The second-order valence-corrected chi connectivity index (χ2v) is 6.72. The molecule has 7 heteroatoms. The first-order valence-corrected chi connectivity index (χ1v) is 8.64. The van der Waals surface area contributed by atoms with Crippen LogP contribution in [0.5, 0.6) is 0 Å². The molecule has 1 N–H and O–H groups in total. The first-order chi connectivity index (χ1) is 12.0. The second kappa shape index (κ2) is 7.30. The van der Waals surface area contributed by atoms with Crippen LogP contribution in [-0.2, 0) is 11.3 Å². The number of aromatic nitrogens is 2. The summed E-state index contributed by atoms with van der Waals surface area (Å²) in [5.41, 5.74) is 2.12. The van der Waals surface area contributed by atoms with Gasteiger partial charge in [-0.25, -0.2) is 4.68 Å². The minimum atomic E-state index is -0.376. The summed E-state index contributed by atoms with van der Waals surface area (Å²) in [6.45, 7) is 2.19. The highest BCUT2D eigenvalue weighted by Gasteiger charge is 2.25. The van der Waals surface area contributed by atoms with Crippen molar-refractivity contribution in [3.05, 3.63) is 56.8 Å². The van der Waals surface area contributed by atoms with Crippen LogP contribution in [0.15, 0.2) is 29.8 Å². The quantitative estimate of drug-likeness (QED) is 0.640. The van der Waals surface area contributed by atoms with Crippen LogP contribution in [0.25, 0.3) is 6.08 Å². The van der Waals surface area contributed by atoms with E-state index in [1.165, 1.54) is 6.08 Å². The normalized spacial score (nSPS) is 14.2. The first kappa shape index (κ1) is 17.5. The number of nitriles is 1. The van der Waals surface area contributed by atoms with Crippen LogP contribution in [0, 0.1) is 18.3 Å². The molecule has 5 nitrogen and oxygen atoms in total. The van der Waals surface area contributed by atoms with Gasteiger partial charge in [0.2, 0.25) is 0 Å². The summed E-state index contributed by atoms with van der Waals surface area (Å²) in [5, 5.41) is 17.5. The van der Waals surface area contributed by atoms with Crippen LogP contribution in [0.4, 0.5) is 0 Å². The zero-order valence-electron chi connectivity index (χ0n) is 13.6. The van der Waals surface area contributed by atoms with Crippen molar-refractivity contribution in [2.75, 3.05) is 0 Å². The molecule has 128 valence electrons. The lowest BCUT2D eigenvalue weighted by Crippen LogP contribution is -2.26. The van der Waals surface area contributed by atoms with Gasteiger partial charge >= 0.3 is 0 Å². The van der Waals surface area contributed by atoms with E-state index in [9.17, 15) is 10.1 Å². The van der Waals surface area contributed by atoms with E-state index in [0.717, 1.165) is 18.4 Å². The monoisotopic (exact) mass is 374 g/mol. The third-order valence-electron chi connectivity index (χ3n) is 3.95. The first-order valence-electron chi connectivity index (χ1n) is 7.88. The Bertz CT molecular complexity index is 891. The molecule has 3 rings (SSSR count). The lowest BCUT2D eigenvalue weighted by Gasteiger charge is -2.05. The molecule has 0 unspecified atom stereocenters. The maximum absolute atomic E-state index is 12.1. The fraction of sp³-hybridized carbons (Fsp3) is 0.278. The number of hydrogen-bond donors (Lipinski definition) is 1. The molecule has 1 aliphatic rings. The minimum absolute atomic E-state index is 0.0224. The van der Waals surface area contributed by atoms with Gasteiger partial charge in [0.05, 0.1) is 12.2 Å². The predicted molar refractivity (Wildman–Crippen MR) is 97.3 cm³/mol. The maximum Gasteiger partial charge on any atom is 0.262 e. The molecule has 1 amide bonds. The Morgan fingerprint density at radius 3 is 2.80 bits per heavy atom. The van der Waals surface area contributed by atoms with Crippen molar-refractivity contribution in [3.63, 3.8) is 0 Å². The van der Waals surface area contributed by atoms with Crippen molar-refractivity contribution in [1.29, 1.82) is 5.26 Å². The van der Waals surface area contributed by atoms with Crippen molar-refractivity contribution in [3.8, 4) is 6.07 Å². The van der Waals surface area contributed by atoms with Gasteiger partial charge in [-0.2, -0.15) is 10.4 Å². The number of halogens is 2. The lowest BCUT2D eigenvalue weighted by molar-refractivity contribution is -0.117. The average Bonchev–Trinajstić information content (AvgIpc) is 3.35. The Hall–Kier alpha value is -2.29. The fourth-order valence-corrected chi connectivity index (χ4v) is 2.89. The molecule has 0 aliphatic heterocycles. The Labute approximate surface area is 155 Å². The third-order valence-corrected chi connectivity index (χ3v) is 4.72. The highest BCUT2D eigenvalue weighted by Crippen LogP contribution is 2.26. The van der Waals surface area contributed by atoms with Crippen LogP contribution in [0.1, 0.15) is 29.7 Å². The van der Waals surface area contributed by atoms with E-state index in [1.54, 1.807) is 17.7 Å². The molecule has 0 radical (unpaired) electrons. The van der Waals surface area contributed by atoms with Gasteiger partial charge in [0.15, 0.2) is 0 Å². The maximum atomic E-state index is 12.1. The summed E-state index contributed by atoms with van der Waals surface area (Å²) in [5.74, 6) is -0.376. The predicted octanol–water partition coefficient (Wildman–Crippen LogP) is 3.73. The van der Waals surface area contributed by atoms with Crippen LogP contribution in [-0.4, -0.2) is 21.7 Å². The zero-order valence-corrected chi connectivity index (χ0v) is 15.1. The summed E-state index contributed by atoms with van der Waals surface area (Å²) in [6.07, 6.45) is 3.41. The van der Waals surface area contributed by atoms with E-state index in [4.69, 9.17) is 23.2 Å². The molecule has 0 spiro atoms. The number of carbonyl (C=O) groups is 1. The lowest BCUT2D eigenvalue weighted by atomic mass is 10.1. The van der Waals surface area contributed by atoms with E-state index in [-0.39, 0.29) is 17.5 Å².